The zero-order chi connectivity index (χ0) is 49.7. The van der Waals surface area contributed by atoms with Gasteiger partial charge in [-0.3, -0.25) is 38.4 Å². The van der Waals surface area contributed by atoms with Gasteiger partial charge in [-0.05, 0) is 68.0 Å². The molecule has 364 valence electrons. The molecule has 1 aliphatic heterocycles. The molecule has 4 atom stereocenters. The van der Waals surface area contributed by atoms with Crippen LogP contribution in [0.3, 0.4) is 0 Å². The quantitative estimate of drug-likeness (QED) is 0.0613. The van der Waals surface area contributed by atoms with Gasteiger partial charge in [0.25, 0.3) is 5.91 Å². The van der Waals surface area contributed by atoms with Gasteiger partial charge in [0.15, 0.2) is 11.6 Å². The number of likely N-dealkylation sites (tertiary alicyclic amines) is 1. The Morgan fingerprint density at radius 2 is 1.23 bits per heavy atom. The number of hydrogen-bond donors (Lipinski definition) is 6. The van der Waals surface area contributed by atoms with Crippen molar-refractivity contribution in [2.75, 3.05) is 26.2 Å². The van der Waals surface area contributed by atoms with E-state index in [-0.39, 0.29) is 66.2 Å². The van der Waals surface area contributed by atoms with Gasteiger partial charge in [0.2, 0.25) is 30.5 Å². The Morgan fingerprint density at radius 3 is 1.67 bits per heavy atom. The highest BCUT2D eigenvalue weighted by Gasteiger charge is 2.35. The molecule has 2 fully saturated rings. The molecule has 2 aromatic rings. The molecule has 2 aromatic carbocycles. The molecule has 0 spiro atoms. The fourth-order valence-corrected chi connectivity index (χ4v) is 5.92. The van der Waals surface area contributed by atoms with Crippen molar-refractivity contribution in [3.63, 3.8) is 0 Å². The van der Waals surface area contributed by atoms with Crippen LogP contribution in [0.2, 0.25) is 0 Å². The maximum atomic E-state index is 12.7. The van der Waals surface area contributed by atoms with Crippen molar-refractivity contribution in [3.05, 3.63) is 71.3 Å². The topological polar surface area (TPSA) is 220 Å². The number of carbonyl (C=O) groups is 8. The van der Waals surface area contributed by atoms with Crippen LogP contribution in [0.5, 0.6) is 0 Å². The number of amides is 6. The molecule has 3 unspecified atom stereocenters. The summed E-state index contributed by atoms with van der Waals surface area (Å²) in [5, 5.41) is 20.1. The summed E-state index contributed by atoms with van der Waals surface area (Å²) in [5.74, 6) is -1.79. The van der Waals surface area contributed by atoms with Crippen LogP contribution < -0.4 is 26.4 Å². The highest BCUT2D eigenvalue weighted by Crippen LogP contribution is 2.19. The van der Waals surface area contributed by atoms with Crippen LogP contribution in [0.4, 0.5) is 0 Å². The van der Waals surface area contributed by atoms with Gasteiger partial charge in [0.1, 0.15) is 6.04 Å². The Hall–Kier alpha value is -5.01. The molecule has 16 heteroatoms. The van der Waals surface area contributed by atoms with Crippen LogP contribution in [0.1, 0.15) is 173 Å². The number of aliphatic hydroxyl groups is 1. The van der Waals surface area contributed by atoms with Crippen molar-refractivity contribution in [2.45, 2.75) is 158 Å². The molecule has 6 amide bonds. The minimum Gasteiger partial charge on any atom is -0.397 e. The van der Waals surface area contributed by atoms with Crippen LogP contribution in [-0.2, 0) is 28.8 Å². The van der Waals surface area contributed by atoms with Crippen molar-refractivity contribution in [2.24, 2.45) is 0 Å². The Morgan fingerprint density at radius 1 is 0.750 bits per heavy atom. The summed E-state index contributed by atoms with van der Waals surface area (Å²) in [6, 6.07) is 14.8. The lowest BCUT2D eigenvalue weighted by Crippen LogP contribution is -2.52. The van der Waals surface area contributed by atoms with Crippen LogP contribution in [0.25, 0.3) is 0 Å². The second-order valence-corrected chi connectivity index (χ2v) is 13.7. The standard InChI is InChI=1S/C22H29N3O5.C11H14N2O2.C6H12.C2H6O.3C2H6.CH4NOP/c1-4-8-18(15(3)27)24-22(30)19-11-7-12-25(19)20(28)13-23-21(29)17-10-6-5-9-16(17)14(2)26;1-9(10-5-3-2-4-6-10)13-11(15)7-12-8-14;1-2-4-6-5-3-1;1-2-3;3*1-2;3-1-2-4/h5-6,9-10,18-19H,4,7-8,11-13H2,1-3H3,(H,23,29)(H,24,30);2-6,8-9H,7H2,1H3,(H,12,14)(H,13,15);1-6H2;3H,2H2,1H3;3*1-2H3;1H,4H2,(H,2,3)/t;9-;;;;;;/m.1....../s1. The molecular weight excluding hydrogens is 836 g/mol. The van der Waals surface area contributed by atoms with E-state index in [0.29, 0.717) is 38.6 Å². The number of Topliss-reactive ketones (excluding diaryl/α,β-unsaturated/α-hetero) is 2. The maximum Gasteiger partial charge on any atom is 0.252 e. The number of rotatable bonds is 15. The number of ketones is 2. The molecular formula is C48H83N6O9P. The Kier molecular flexibility index (Phi) is 47.1. The number of nitrogens with one attached hydrogen (secondary N) is 5. The molecule has 1 saturated carbocycles. The lowest BCUT2D eigenvalue weighted by atomic mass is 10.0. The zero-order valence-corrected chi connectivity index (χ0v) is 41.9. The van der Waals surface area contributed by atoms with E-state index in [1.165, 1.54) is 63.3 Å². The second kappa shape index (κ2) is 46.0. The molecule has 2 aliphatic rings. The summed E-state index contributed by atoms with van der Waals surface area (Å²) in [5.41, 5.74) is 1.53. The van der Waals surface area contributed by atoms with Gasteiger partial charge in [-0.15, -0.1) is 0 Å². The minimum atomic E-state index is -0.655. The average molecular weight is 919 g/mol. The van der Waals surface area contributed by atoms with Gasteiger partial charge in [-0.25, -0.2) is 0 Å². The number of aliphatic hydroxyl groups excluding tert-OH is 1. The lowest BCUT2D eigenvalue weighted by Gasteiger charge is -2.26. The summed E-state index contributed by atoms with van der Waals surface area (Å²) in [7, 11) is 2.04. The van der Waals surface area contributed by atoms with Gasteiger partial charge in [-0.1, -0.05) is 142 Å². The first-order chi connectivity index (χ1) is 30.8. The predicted octanol–water partition coefficient (Wildman–Crippen LogP) is 7.03. The third-order valence-corrected chi connectivity index (χ3v) is 8.94. The fourth-order valence-electron chi connectivity index (χ4n) is 5.92. The van der Waals surface area contributed by atoms with Crippen molar-refractivity contribution < 1.29 is 43.5 Å². The van der Waals surface area contributed by atoms with Gasteiger partial charge < -0.3 is 36.4 Å². The molecule has 0 bridgehead atoms. The zero-order valence-electron chi connectivity index (χ0n) is 40.7. The molecule has 15 nitrogen and oxygen atoms in total. The number of benzene rings is 2. The summed E-state index contributed by atoms with van der Waals surface area (Å²) < 4.78 is 0. The summed E-state index contributed by atoms with van der Waals surface area (Å²) in [4.78, 5) is 92.9. The fraction of sp³-hybridized carbons (Fsp3) is 0.583. The van der Waals surface area contributed by atoms with Crippen LogP contribution in [-0.4, -0.2) is 96.3 Å². The third-order valence-electron chi connectivity index (χ3n) is 8.80. The molecule has 1 heterocycles. The van der Waals surface area contributed by atoms with Gasteiger partial charge in [-0.2, -0.15) is 0 Å². The summed E-state index contributed by atoms with van der Waals surface area (Å²) >= 11 is 0. The van der Waals surface area contributed by atoms with Crippen molar-refractivity contribution in [1.29, 1.82) is 0 Å². The number of hydrogen-bond acceptors (Lipinski definition) is 9. The number of carbonyl (C=O) groups excluding carboxylic acids is 8. The van der Waals surface area contributed by atoms with E-state index in [1.54, 1.807) is 25.1 Å². The average Bonchev–Trinajstić information content (AvgIpc) is 3.84. The SMILES string of the molecule is C1CCCCC1.CC.CC.CC.CCCC(NC(=O)C1CCCN1C(=O)CNC(=O)c1ccccc1C(C)=O)C(C)=O.CCO.C[C@@H](NC(=O)CNC=O)c1ccccc1.O=CNP. The molecule has 0 aromatic heterocycles. The highest BCUT2D eigenvalue weighted by molar-refractivity contribution is 7.14. The summed E-state index contributed by atoms with van der Waals surface area (Å²) in [6.07, 6.45) is 12.6. The Labute approximate surface area is 387 Å². The van der Waals surface area contributed by atoms with E-state index < -0.39 is 18.0 Å². The second-order valence-electron chi connectivity index (χ2n) is 13.4. The predicted molar refractivity (Wildman–Crippen MR) is 262 cm³/mol. The molecule has 4 rings (SSSR count). The van der Waals surface area contributed by atoms with E-state index in [0.717, 1.165) is 12.0 Å². The summed E-state index contributed by atoms with van der Waals surface area (Å²) in [6.45, 7) is 20.7. The molecule has 64 heavy (non-hydrogen) atoms. The van der Waals surface area contributed by atoms with Crippen LogP contribution in [0.15, 0.2) is 54.6 Å². The largest absolute Gasteiger partial charge is 0.397 e. The lowest BCUT2D eigenvalue weighted by molar-refractivity contribution is -0.138. The van der Waals surface area contributed by atoms with E-state index in [9.17, 15) is 33.6 Å². The molecule has 1 saturated heterocycles. The normalized spacial score (nSPS) is 13.6. The van der Waals surface area contributed by atoms with Crippen LogP contribution in [0, 0.1) is 0 Å². The van der Waals surface area contributed by atoms with Crippen molar-refractivity contribution in [3.8, 4) is 0 Å². The Balaban J connectivity index is -0.000000436. The third kappa shape index (κ3) is 31.8. The minimum absolute atomic E-state index is 0.0146. The van der Waals surface area contributed by atoms with Crippen LogP contribution >= 0.6 is 9.39 Å². The van der Waals surface area contributed by atoms with E-state index in [1.807, 2.05) is 95.1 Å². The maximum absolute atomic E-state index is 12.7. The van der Waals surface area contributed by atoms with Gasteiger partial charge >= 0.3 is 0 Å². The first-order valence-corrected chi connectivity index (χ1v) is 23.4. The van der Waals surface area contributed by atoms with E-state index in [4.69, 9.17) is 9.90 Å². The first-order valence-electron chi connectivity index (χ1n) is 22.8. The monoisotopic (exact) mass is 919 g/mol. The van der Waals surface area contributed by atoms with E-state index in [2.05, 4.69) is 26.4 Å². The first kappa shape index (κ1) is 65.6. The highest BCUT2D eigenvalue weighted by atomic mass is 31.0. The smallest absolute Gasteiger partial charge is 0.252 e. The molecule has 6 N–H and O–H groups in total. The molecule has 0 radical (unpaired) electrons. The Bertz CT molecular complexity index is 1530. The van der Waals surface area contributed by atoms with Gasteiger partial charge in [0.05, 0.1) is 30.7 Å². The number of nitrogens with zero attached hydrogens (tertiary/aromatic N) is 1. The van der Waals surface area contributed by atoms with Crippen molar-refractivity contribution in [1.82, 2.24) is 31.3 Å². The van der Waals surface area contributed by atoms with Crippen molar-refractivity contribution >= 4 is 57.4 Å². The van der Waals surface area contributed by atoms with E-state index >= 15 is 0 Å². The molecule has 1 aliphatic carbocycles. The van der Waals surface area contributed by atoms with Gasteiger partial charge in [0, 0.05) is 18.7 Å².